The van der Waals surface area contributed by atoms with Gasteiger partial charge in [0.15, 0.2) is 5.12 Å². The van der Waals surface area contributed by atoms with Crippen molar-refractivity contribution in [3.63, 3.8) is 0 Å². The van der Waals surface area contributed by atoms with E-state index in [-0.39, 0.29) is 16.3 Å². The maximum atomic E-state index is 12.0. The maximum absolute atomic E-state index is 12.0. The van der Waals surface area contributed by atoms with Crippen molar-refractivity contribution < 1.29 is 9.59 Å². The van der Waals surface area contributed by atoms with Gasteiger partial charge in [-0.15, -0.1) is 11.3 Å². The van der Waals surface area contributed by atoms with E-state index in [4.69, 9.17) is 0 Å². The van der Waals surface area contributed by atoms with Gasteiger partial charge in [-0.05, 0) is 23.9 Å². The first-order valence-electron chi connectivity index (χ1n) is 7.04. The van der Waals surface area contributed by atoms with E-state index in [0.717, 1.165) is 13.0 Å². The average molecular weight is 319 g/mol. The van der Waals surface area contributed by atoms with Gasteiger partial charge in [0.25, 0.3) is 0 Å². The number of amides is 1. The standard InChI is InChI=1S/C16H17NO2S2/c1-11(18)20-14-9-16(19)17(10-14)7-6-13-8-12-4-2-3-5-15(12)21-13/h2-5,8,14H,6-7,9-10H2,1H3. The van der Waals surface area contributed by atoms with Crippen LogP contribution in [0.15, 0.2) is 30.3 Å². The minimum Gasteiger partial charge on any atom is -0.341 e. The molecular weight excluding hydrogens is 302 g/mol. The van der Waals surface area contributed by atoms with Crippen molar-refractivity contribution in [3.05, 3.63) is 35.2 Å². The third kappa shape index (κ3) is 3.47. The zero-order chi connectivity index (χ0) is 14.8. The number of fused-ring (bicyclic) bond motifs is 1. The van der Waals surface area contributed by atoms with Crippen molar-refractivity contribution in [1.29, 1.82) is 0 Å². The van der Waals surface area contributed by atoms with Crippen LogP contribution < -0.4 is 0 Å². The molecular formula is C16H17NO2S2. The van der Waals surface area contributed by atoms with Crippen molar-refractivity contribution in [2.24, 2.45) is 0 Å². The summed E-state index contributed by atoms with van der Waals surface area (Å²) in [6.07, 6.45) is 1.39. The zero-order valence-corrected chi connectivity index (χ0v) is 13.5. The minimum atomic E-state index is 0.0964. The molecule has 110 valence electrons. The topological polar surface area (TPSA) is 37.4 Å². The quantitative estimate of drug-likeness (QED) is 0.867. The van der Waals surface area contributed by atoms with Crippen molar-refractivity contribution in [1.82, 2.24) is 4.90 Å². The van der Waals surface area contributed by atoms with Crippen LogP contribution in [0.25, 0.3) is 10.1 Å². The van der Waals surface area contributed by atoms with Crippen LogP contribution in [-0.4, -0.2) is 34.3 Å². The highest BCUT2D eigenvalue weighted by Crippen LogP contribution is 2.27. The number of likely N-dealkylation sites (tertiary alicyclic amines) is 1. The van der Waals surface area contributed by atoms with Crippen molar-refractivity contribution in [2.45, 2.75) is 25.0 Å². The van der Waals surface area contributed by atoms with Gasteiger partial charge in [0.2, 0.25) is 5.91 Å². The number of carbonyl (C=O) groups excluding carboxylic acids is 2. The number of carbonyl (C=O) groups is 2. The third-order valence-corrected chi connectivity index (χ3v) is 5.77. The number of benzene rings is 1. The summed E-state index contributed by atoms with van der Waals surface area (Å²) < 4.78 is 1.30. The van der Waals surface area contributed by atoms with Gasteiger partial charge >= 0.3 is 0 Å². The highest BCUT2D eigenvalue weighted by atomic mass is 32.2. The van der Waals surface area contributed by atoms with E-state index >= 15 is 0 Å². The molecule has 1 aromatic carbocycles. The summed E-state index contributed by atoms with van der Waals surface area (Å²) >= 11 is 3.09. The highest BCUT2D eigenvalue weighted by molar-refractivity contribution is 8.14. The number of hydrogen-bond donors (Lipinski definition) is 0. The molecule has 3 nitrogen and oxygen atoms in total. The van der Waals surface area contributed by atoms with Crippen molar-refractivity contribution >= 4 is 44.2 Å². The number of rotatable bonds is 4. The Morgan fingerprint density at radius 3 is 3.00 bits per heavy atom. The molecule has 1 fully saturated rings. The van der Waals surface area contributed by atoms with Crippen LogP contribution >= 0.6 is 23.1 Å². The maximum Gasteiger partial charge on any atom is 0.223 e. The van der Waals surface area contributed by atoms with Crippen LogP contribution in [0.5, 0.6) is 0 Å². The SMILES string of the molecule is CC(=O)SC1CC(=O)N(CCc2cc3ccccc3s2)C1. The van der Waals surface area contributed by atoms with Crippen molar-refractivity contribution in [2.75, 3.05) is 13.1 Å². The van der Waals surface area contributed by atoms with E-state index in [1.54, 1.807) is 18.3 Å². The first kappa shape index (κ1) is 14.6. The lowest BCUT2D eigenvalue weighted by molar-refractivity contribution is -0.127. The highest BCUT2D eigenvalue weighted by Gasteiger charge is 2.30. The molecule has 0 bridgehead atoms. The van der Waals surface area contributed by atoms with Gasteiger partial charge < -0.3 is 4.90 Å². The Kier molecular flexibility index (Phi) is 4.31. The molecule has 1 unspecified atom stereocenters. The van der Waals surface area contributed by atoms with E-state index in [0.29, 0.717) is 13.0 Å². The summed E-state index contributed by atoms with van der Waals surface area (Å²) in [5.41, 5.74) is 0. The average Bonchev–Trinajstić information content (AvgIpc) is 2.98. The van der Waals surface area contributed by atoms with E-state index in [1.807, 2.05) is 11.0 Å². The molecule has 1 aliphatic rings. The van der Waals surface area contributed by atoms with Crippen LogP contribution in [0.1, 0.15) is 18.2 Å². The molecule has 0 saturated carbocycles. The first-order chi connectivity index (χ1) is 10.1. The molecule has 0 aliphatic carbocycles. The molecule has 1 aromatic heterocycles. The molecule has 1 aliphatic heterocycles. The summed E-state index contributed by atoms with van der Waals surface area (Å²) in [4.78, 5) is 26.3. The normalized spacial score (nSPS) is 18.6. The van der Waals surface area contributed by atoms with E-state index in [2.05, 4.69) is 24.3 Å². The van der Waals surface area contributed by atoms with E-state index in [1.165, 1.54) is 26.7 Å². The molecule has 3 rings (SSSR count). The van der Waals surface area contributed by atoms with Gasteiger partial charge in [-0.2, -0.15) is 0 Å². The molecule has 21 heavy (non-hydrogen) atoms. The predicted octanol–water partition coefficient (Wildman–Crippen LogP) is 3.32. The molecule has 0 spiro atoms. The molecule has 0 radical (unpaired) electrons. The monoisotopic (exact) mass is 319 g/mol. The molecule has 0 N–H and O–H groups in total. The Morgan fingerprint density at radius 1 is 1.43 bits per heavy atom. The van der Waals surface area contributed by atoms with Gasteiger partial charge in [-0.25, -0.2) is 0 Å². The summed E-state index contributed by atoms with van der Waals surface area (Å²) in [5.74, 6) is 0.176. The zero-order valence-electron chi connectivity index (χ0n) is 11.9. The minimum absolute atomic E-state index is 0.0964. The van der Waals surface area contributed by atoms with Crippen LogP contribution in [-0.2, 0) is 16.0 Å². The molecule has 5 heteroatoms. The predicted molar refractivity (Wildman–Crippen MR) is 88.8 cm³/mol. The fourth-order valence-corrected chi connectivity index (χ4v) is 4.67. The van der Waals surface area contributed by atoms with E-state index in [9.17, 15) is 9.59 Å². The second-order valence-corrected chi connectivity index (χ2v) is 7.92. The molecule has 1 saturated heterocycles. The van der Waals surface area contributed by atoms with Gasteiger partial charge in [-0.1, -0.05) is 30.0 Å². The van der Waals surface area contributed by atoms with Crippen LogP contribution in [0, 0.1) is 0 Å². The lowest BCUT2D eigenvalue weighted by atomic mass is 10.2. The Labute approximate surface area is 132 Å². The van der Waals surface area contributed by atoms with Crippen molar-refractivity contribution in [3.8, 4) is 0 Å². The number of nitrogens with zero attached hydrogens (tertiary/aromatic N) is 1. The van der Waals surface area contributed by atoms with Crippen LogP contribution in [0.2, 0.25) is 0 Å². The number of hydrogen-bond acceptors (Lipinski definition) is 4. The molecule has 2 heterocycles. The lowest BCUT2D eigenvalue weighted by Gasteiger charge is -2.15. The summed E-state index contributed by atoms with van der Waals surface area (Å²) in [7, 11) is 0. The van der Waals surface area contributed by atoms with Gasteiger partial charge in [0.1, 0.15) is 0 Å². The first-order valence-corrected chi connectivity index (χ1v) is 8.74. The van der Waals surface area contributed by atoms with Gasteiger partial charge in [-0.3, -0.25) is 9.59 Å². The van der Waals surface area contributed by atoms with E-state index < -0.39 is 0 Å². The van der Waals surface area contributed by atoms with Crippen LogP contribution in [0.4, 0.5) is 0 Å². The number of thiophene rings is 1. The summed E-state index contributed by atoms with van der Waals surface area (Å²) in [6.45, 7) is 3.02. The van der Waals surface area contributed by atoms with Gasteiger partial charge in [0.05, 0.1) is 0 Å². The summed E-state index contributed by atoms with van der Waals surface area (Å²) in [6, 6.07) is 10.6. The lowest BCUT2D eigenvalue weighted by Crippen LogP contribution is -2.27. The Morgan fingerprint density at radius 2 is 2.24 bits per heavy atom. The smallest absolute Gasteiger partial charge is 0.223 e. The fourth-order valence-electron chi connectivity index (χ4n) is 2.67. The van der Waals surface area contributed by atoms with Crippen LogP contribution in [0.3, 0.4) is 0 Å². The largest absolute Gasteiger partial charge is 0.341 e. The summed E-state index contributed by atoms with van der Waals surface area (Å²) in [5, 5.41) is 1.51. The third-order valence-electron chi connectivity index (χ3n) is 3.62. The Hall–Kier alpha value is -1.33. The Balaban J connectivity index is 1.59. The van der Waals surface area contributed by atoms with Gasteiger partial charge in [0, 0.05) is 41.3 Å². The fraction of sp³-hybridized carbons (Fsp3) is 0.375. The second kappa shape index (κ2) is 6.20. The second-order valence-electron chi connectivity index (χ2n) is 5.28. The Bertz CT molecular complexity index is 647. The number of thioether (sulfide) groups is 1. The molecule has 1 atom stereocenters. The molecule has 2 aromatic rings. The molecule has 1 amide bonds.